The molecule has 1 unspecified atom stereocenters. The van der Waals surface area contributed by atoms with Gasteiger partial charge in [0.25, 0.3) is 0 Å². The fraction of sp³-hybridized carbons (Fsp3) is 0.333. The number of nitrogens with zero attached hydrogens (tertiary/aromatic N) is 1. The van der Waals surface area contributed by atoms with Crippen LogP contribution in [0.3, 0.4) is 0 Å². The van der Waals surface area contributed by atoms with Crippen molar-refractivity contribution < 1.29 is 14.0 Å². The molecule has 1 fully saturated rings. The summed E-state index contributed by atoms with van der Waals surface area (Å²) in [7, 11) is 0. The van der Waals surface area contributed by atoms with Gasteiger partial charge in [-0.25, -0.2) is 4.39 Å². The summed E-state index contributed by atoms with van der Waals surface area (Å²) in [6.07, 6.45) is 5.34. The van der Waals surface area contributed by atoms with Crippen LogP contribution in [-0.4, -0.2) is 28.8 Å². The van der Waals surface area contributed by atoms with Gasteiger partial charge >= 0.3 is 0 Å². The first-order valence-electron chi connectivity index (χ1n) is 12.7. The zero-order valence-corrected chi connectivity index (χ0v) is 23.0. The first-order valence-corrected chi connectivity index (χ1v) is 13.9. The average Bonchev–Trinajstić information content (AvgIpc) is 2.89. The van der Waals surface area contributed by atoms with E-state index >= 15 is 0 Å². The van der Waals surface area contributed by atoms with Crippen molar-refractivity contribution in [3.05, 3.63) is 105 Å². The van der Waals surface area contributed by atoms with Crippen molar-refractivity contribution in [2.24, 2.45) is 0 Å². The fourth-order valence-electron chi connectivity index (χ4n) is 4.88. The Balaban J connectivity index is 1.68. The lowest BCUT2D eigenvalue weighted by Gasteiger charge is -2.33. The Hall–Kier alpha value is -2.70. The molecule has 0 aliphatic heterocycles. The van der Waals surface area contributed by atoms with Crippen LogP contribution in [0, 0.1) is 5.82 Å². The minimum atomic E-state index is -0.763. The van der Waals surface area contributed by atoms with Crippen LogP contribution in [0.15, 0.2) is 77.3 Å². The normalized spacial score (nSPS) is 14.7. The Kier molecular flexibility index (Phi) is 9.75. The Morgan fingerprint density at radius 2 is 1.68 bits per heavy atom. The van der Waals surface area contributed by atoms with Crippen molar-refractivity contribution in [3.8, 4) is 0 Å². The SMILES string of the molecule is O=C(NC1CCCCC1)C(Cc1ccccc1)N(Cc1cccc(Br)c1)C(=O)Cc1c(F)cccc1Cl. The molecule has 2 amide bonds. The lowest BCUT2D eigenvalue weighted by molar-refractivity contribution is -0.141. The third-order valence-corrected chi connectivity index (χ3v) is 7.70. The second kappa shape index (κ2) is 13.2. The number of hydrogen-bond donors (Lipinski definition) is 1. The van der Waals surface area contributed by atoms with Gasteiger partial charge in [0.1, 0.15) is 11.9 Å². The number of carbonyl (C=O) groups is 2. The van der Waals surface area contributed by atoms with Crippen LogP contribution in [0.5, 0.6) is 0 Å². The van der Waals surface area contributed by atoms with Gasteiger partial charge in [0.15, 0.2) is 0 Å². The zero-order chi connectivity index (χ0) is 26.2. The van der Waals surface area contributed by atoms with Crippen LogP contribution in [0.1, 0.15) is 48.8 Å². The summed E-state index contributed by atoms with van der Waals surface area (Å²) in [6.45, 7) is 0.208. The molecule has 4 nitrogen and oxygen atoms in total. The van der Waals surface area contributed by atoms with Gasteiger partial charge in [-0.2, -0.15) is 0 Å². The molecule has 194 valence electrons. The van der Waals surface area contributed by atoms with Gasteiger partial charge in [0.2, 0.25) is 11.8 Å². The first-order chi connectivity index (χ1) is 17.9. The second-order valence-electron chi connectivity index (χ2n) is 9.58. The van der Waals surface area contributed by atoms with E-state index in [9.17, 15) is 14.0 Å². The summed E-state index contributed by atoms with van der Waals surface area (Å²) < 4.78 is 15.5. The predicted molar refractivity (Wildman–Crippen MR) is 149 cm³/mol. The zero-order valence-electron chi connectivity index (χ0n) is 20.6. The number of amides is 2. The maximum Gasteiger partial charge on any atom is 0.243 e. The summed E-state index contributed by atoms with van der Waals surface area (Å²) in [5.41, 5.74) is 1.95. The quantitative estimate of drug-likeness (QED) is 0.298. The van der Waals surface area contributed by atoms with Crippen LogP contribution in [0.4, 0.5) is 4.39 Å². The molecule has 4 rings (SSSR count). The molecular weight excluding hydrogens is 555 g/mol. The highest BCUT2D eigenvalue weighted by Crippen LogP contribution is 2.24. The summed E-state index contributed by atoms with van der Waals surface area (Å²) in [6, 6.07) is 21.0. The van der Waals surface area contributed by atoms with Gasteiger partial charge in [-0.15, -0.1) is 0 Å². The van der Waals surface area contributed by atoms with E-state index in [0.29, 0.717) is 6.42 Å². The maximum atomic E-state index is 14.6. The van der Waals surface area contributed by atoms with Gasteiger partial charge in [0, 0.05) is 34.1 Å². The van der Waals surface area contributed by atoms with Crippen molar-refractivity contribution in [1.29, 1.82) is 0 Å². The topological polar surface area (TPSA) is 49.4 Å². The van der Waals surface area contributed by atoms with E-state index in [4.69, 9.17) is 11.6 Å². The van der Waals surface area contributed by atoms with E-state index in [1.165, 1.54) is 18.6 Å². The van der Waals surface area contributed by atoms with Crippen molar-refractivity contribution in [2.45, 2.75) is 63.6 Å². The third kappa shape index (κ3) is 7.65. The summed E-state index contributed by atoms with van der Waals surface area (Å²) in [4.78, 5) is 29.2. The van der Waals surface area contributed by atoms with Crippen LogP contribution in [-0.2, 0) is 29.0 Å². The summed E-state index contributed by atoms with van der Waals surface area (Å²) in [5.74, 6) is -1.07. The van der Waals surface area contributed by atoms with E-state index < -0.39 is 11.9 Å². The highest BCUT2D eigenvalue weighted by atomic mass is 79.9. The molecule has 37 heavy (non-hydrogen) atoms. The van der Waals surface area contributed by atoms with Gasteiger partial charge in [-0.05, 0) is 48.2 Å². The lowest BCUT2D eigenvalue weighted by Crippen LogP contribution is -2.53. The summed E-state index contributed by atoms with van der Waals surface area (Å²) >= 11 is 9.76. The molecule has 0 bridgehead atoms. The van der Waals surface area contributed by atoms with Gasteiger partial charge in [-0.1, -0.05) is 95.3 Å². The van der Waals surface area contributed by atoms with Crippen molar-refractivity contribution in [2.75, 3.05) is 0 Å². The molecule has 7 heteroatoms. The Morgan fingerprint density at radius 3 is 2.38 bits per heavy atom. The smallest absolute Gasteiger partial charge is 0.243 e. The van der Waals surface area contributed by atoms with Crippen LogP contribution < -0.4 is 5.32 Å². The van der Waals surface area contributed by atoms with Crippen molar-refractivity contribution in [3.63, 3.8) is 0 Å². The second-order valence-corrected chi connectivity index (χ2v) is 10.9. The molecule has 0 radical (unpaired) electrons. The molecule has 0 spiro atoms. The van der Waals surface area contributed by atoms with Crippen LogP contribution in [0.25, 0.3) is 0 Å². The fourth-order valence-corrected chi connectivity index (χ4v) is 5.56. The molecule has 0 saturated heterocycles. The minimum absolute atomic E-state index is 0.100. The third-order valence-electron chi connectivity index (χ3n) is 6.85. The molecule has 0 aromatic heterocycles. The number of hydrogen-bond acceptors (Lipinski definition) is 2. The van der Waals surface area contributed by atoms with Gasteiger partial charge in [0.05, 0.1) is 6.42 Å². The predicted octanol–water partition coefficient (Wildman–Crippen LogP) is 6.87. The molecule has 1 aliphatic rings. The lowest BCUT2D eigenvalue weighted by atomic mass is 9.94. The van der Waals surface area contributed by atoms with Crippen LogP contribution in [0.2, 0.25) is 5.02 Å². The van der Waals surface area contributed by atoms with Crippen LogP contribution >= 0.6 is 27.5 Å². The number of benzene rings is 3. The largest absolute Gasteiger partial charge is 0.352 e. The van der Waals surface area contributed by atoms with E-state index in [0.717, 1.165) is 41.3 Å². The standard InChI is InChI=1S/C30H31BrClFN2O2/c31-23-12-7-11-22(17-23)20-35(29(36)19-25-26(32)15-8-16-27(25)33)28(18-21-9-3-1-4-10-21)30(37)34-24-13-5-2-6-14-24/h1,3-4,7-12,15-17,24,28H,2,5-6,13-14,18-20H2,(H,34,37). The number of nitrogens with one attached hydrogen (secondary N) is 1. The van der Waals surface area contributed by atoms with Crippen molar-refractivity contribution >= 4 is 39.3 Å². The highest BCUT2D eigenvalue weighted by molar-refractivity contribution is 9.10. The number of rotatable bonds is 9. The molecule has 3 aromatic rings. The Labute approximate surface area is 231 Å². The first kappa shape index (κ1) is 27.3. The Bertz CT molecular complexity index is 1200. The van der Waals surface area contributed by atoms with E-state index in [1.54, 1.807) is 11.0 Å². The van der Waals surface area contributed by atoms with E-state index in [2.05, 4.69) is 21.2 Å². The minimum Gasteiger partial charge on any atom is -0.352 e. The molecule has 0 heterocycles. The van der Waals surface area contributed by atoms with Gasteiger partial charge in [-0.3, -0.25) is 9.59 Å². The number of carbonyl (C=O) groups excluding carboxylic acids is 2. The van der Waals surface area contributed by atoms with E-state index in [-0.39, 0.29) is 41.4 Å². The summed E-state index contributed by atoms with van der Waals surface area (Å²) in [5, 5.41) is 3.41. The maximum absolute atomic E-state index is 14.6. The molecule has 1 atom stereocenters. The number of halogens is 3. The molecule has 1 saturated carbocycles. The highest BCUT2D eigenvalue weighted by Gasteiger charge is 2.32. The van der Waals surface area contributed by atoms with E-state index in [1.807, 2.05) is 54.6 Å². The van der Waals surface area contributed by atoms with Gasteiger partial charge < -0.3 is 10.2 Å². The molecule has 1 aliphatic carbocycles. The molecular formula is C30H31BrClFN2O2. The molecule has 1 N–H and O–H groups in total. The van der Waals surface area contributed by atoms with Crippen molar-refractivity contribution in [1.82, 2.24) is 10.2 Å². The molecule has 3 aromatic carbocycles. The monoisotopic (exact) mass is 584 g/mol. The Morgan fingerprint density at radius 1 is 0.973 bits per heavy atom. The average molecular weight is 586 g/mol.